The van der Waals surface area contributed by atoms with Crippen molar-refractivity contribution in [2.75, 3.05) is 18.9 Å². The molecule has 2 fully saturated rings. The van der Waals surface area contributed by atoms with E-state index in [4.69, 9.17) is 28.8 Å². The van der Waals surface area contributed by atoms with E-state index in [-0.39, 0.29) is 11.0 Å². The van der Waals surface area contributed by atoms with E-state index < -0.39 is 83.9 Å². The minimum atomic E-state index is -5.10. The summed E-state index contributed by atoms with van der Waals surface area (Å²) in [6.07, 6.45) is -5.97. The highest BCUT2D eigenvalue weighted by Gasteiger charge is 2.52. The molecule has 4 aromatic rings. The van der Waals surface area contributed by atoms with Crippen molar-refractivity contribution in [2.24, 2.45) is 0 Å². The maximum atomic E-state index is 13.1. The molecule has 2 aliphatic heterocycles. The first-order valence-corrected chi connectivity index (χ1v) is 15.6. The molecule has 236 valence electrons. The van der Waals surface area contributed by atoms with Crippen LogP contribution in [0.2, 0.25) is 0 Å². The number of anilines is 1. The molecule has 0 bridgehead atoms. The Kier molecular flexibility index (Phi) is 8.40. The molecule has 4 aromatic heterocycles. The molecule has 6 heterocycles. The van der Waals surface area contributed by atoms with Crippen molar-refractivity contribution in [2.45, 2.75) is 49.1 Å². The van der Waals surface area contributed by atoms with Crippen LogP contribution in [0.25, 0.3) is 22.1 Å². The molecule has 0 aliphatic carbocycles. The number of aliphatic hydroxyl groups is 3. The van der Waals surface area contributed by atoms with Crippen molar-refractivity contribution in [3.8, 4) is 0 Å². The number of nitrogen functional groups attached to an aromatic ring is 1. The fourth-order valence-corrected chi connectivity index (χ4v) is 6.74. The third-order valence-electron chi connectivity index (χ3n) is 7.37. The average Bonchev–Trinajstić information content (AvgIpc) is 3.74. The van der Waals surface area contributed by atoms with E-state index in [1.165, 1.54) is 40.1 Å². The van der Waals surface area contributed by atoms with Crippen molar-refractivity contribution in [1.82, 2.24) is 24.1 Å². The van der Waals surface area contributed by atoms with Crippen molar-refractivity contribution < 1.29 is 57.3 Å². The number of hydrogen-bond acceptors (Lipinski definition) is 14. The zero-order valence-corrected chi connectivity index (χ0v) is 24.1. The highest BCUT2D eigenvalue weighted by atomic mass is 31.2. The molecular formula is C23H27N6O13P2+. The largest absolute Gasteiger partial charge is 0.695 e. The summed E-state index contributed by atoms with van der Waals surface area (Å²) in [5.41, 5.74) is 6.47. The quantitative estimate of drug-likeness (QED) is 0.105. The predicted octanol–water partition coefficient (Wildman–Crippen LogP) is -0.597. The van der Waals surface area contributed by atoms with Gasteiger partial charge in [0.2, 0.25) is 0 Å². The van der Waals surface area contributed by atoms with Gasteiger partial charge in [0.05, 0.1) is 25.1 Å². The fraction of sp³-hybridized carbons (Fsp3) is 0.435. The van der Waals surface area contributed by atoms with Crippen LogP contribution in [0.4, 0.5) is 5.69 Å². The van der Waals surface area contributed by atoms with Gasteiger partial charge in [-0.3, -0.25) is 13.8 Å². The number of pyridine rings is 2. The lowest BCUT2D eigenvalue weighted by Crippen LogP contribution is -2.36. The summed E-state index contributed by atoms with van der Waals surface area (Å²) in [6, 6.07) is 4.69. The number of phosphoric acid groups is 1. The molecule has 0 radical (unpaired) electrons. The molecule has 19 nitrogen and oxygen atoms in total. The minimum absolute atomic E-state index is 0.0216. The number of imidazole rings is 1. The third-order valence-corrected chi connectivity index (χ3v) is 8.78. The SMILES string of the molecule is Nc1ccnc2c1ccn2[C@@H]1O[C@H](COP(=O)(O)O[C@@H]2[C@H](O)[C@@H](CO)O[C@H]2n2cnc3c(=O)[nH]ccc32)[C@@H](O[P+](=O)O)[C@H]1O. The average molecular weight is 657 g/mol. The van der Waals surface area contributed by atoms with Crippen LogP contribution in [-0.2, 0) is 32.2 Å². The summed E-state index contributed by atoms with van der Waals surface area (Å²) in [7, 11) is -8.34. The van der Waals surface area contributed by atoms with Crippen molar-refractivity contribution >= 4 is 43.8 Å². The van der Waals surface area contributed by atoms with E-state index in [2.05, 4.69) is 15.0 Å². The molecule has 0 aromatic carbocycles. The van der Waals surface area contributed by atoms with Crippen LogP contribution in [0.1, 0.15) is 12.5 Å². The Morgan fingerprint density at radius 1 is 1.09 bits per heavy atom. The third kappa shape index (κ3) is 5.58. The van der Waals surface area contributed by atoms with Gasteiger partial charge >= 0.3 is 16.1 Å². The molecule has 8 N–H and O–H groups in total. The van der Waals surface area contributed by atoms with E-state index in [0.29, 0.717) is 16.7 Å². The number of nitrogens with zero attached hydrogens (tertiary/aromatic N) is 4. The lowest BCUT2D eigenvalue weighted by atomic mass is 10.1. The van der Waals surface area contributed by atoms with E-state index in [1.54, 1.807) is 12.1 Å². The Morgan fingerprint density at radius 3 is 2.61 bits per heavy atom. The number of ether oxygens (including phenoxy) is 2. The summed E-state index contributed by atoms with van der Waals surface area (Å²) < 4.78 is 54.3. The summed E-state index contributed by atoms with van der Waals surface area (Å²) >= 11 is 0. The van der Waals surface area contributed by atoms with Crippen LogP contribution in [0.5, 0.6) is 0 Å². The van der Waals surface area contributed by atoms with Crippen LogP contribution >= 0.6 is 16.1 Å². The zero-order valence-electron chi connectivity index (χ0n) is 22.3. The summed E-state index contributed by atoms with van der Waals surface area (Å²) in [5, 5.41) is 32.0. The fourth-order valence-electron chi connectivity index (χ4n) is 5.34. The van der Waals surface area contributed by atoms with Gasteiger partial charge in [0, 0.05) is 34.2 Å². The highest BCUT2D eigenvalue weighted by molar-refractivity contribution is 7.47. The first-order valence-electron chi connectivity index (χ1n) is 13.0. The first kappa shape index (κ1) is 30.8. The van der Waals surface area contributed by atoms with Crippen LogP contribution < -0.4 is 11.3 Å². The topological polar surface area (TPSA) is 276 Å². The Hall–Kier alpha value is -3.16. The van der Waals surface area contributed by atoms with Gasteiger partial charge in [-0.05, 0) is 18.2 Å². The van der Waals surface area contributed by atoms with Gasteiger partial charge in [-0.1, -0.05) is 0 Å². The number of phosphoric ester groups is 1. The van der Waals surface area contributed by atoms with Gasteiger partial charge < -0.3 is 49.5 Å². The van der Waals surface area contributed by atoms with Crippen LogP contribution in [-0.4, -0.2) is 99.0 Å². The van der Waals surface area contributed by atoms with Gasteiger partial charge in [0.1, 0.15) is 36.2 Å². The van der Waals surface area contributed by atoms with Crippen molar-refractivity contribution in [3.05, 3.63) is 53.5 Å². The molecule has 0 amide bonds. The molecule has 44 heavy (non-hydrogen) atoms. The second-order valence-corrected chi connectivity index (χ2v) is 12.1. The van der Waals surface area contributed by atoms with E-state index in [1.807, 2.05) is 0 Å². The number of rotatable bonds is 10. The van der Waals surface area contributed by atoms with Gasteiger partial charge in [0.15, 0.2) is 24.1 Å². The lowest BCUT2D eigenvalue weighted by molar-refractivity contribution is -0.0606. The summed E-state index contributed by atoms with van der Waals surface area (Å²) in [4.78, 5) is 42.9. The van der Waals surface area contributed by atoms with Gasteiger partial charge in [0.25, 0.3) is 5.56 Å². The molecule has 6 rings (SSSR count). The predicted molar refractivity (Wildman–Crippen MR) is 147 cm³/mol. The molecule has 2 unspecified atom stereocenters. The van der Waals surface area contributed by atoms with Gasteiger partial charge in [-0.25, -0.2) is 14.5 Å². The Labute approximate surface area is 246 Å². The number of nitrogens with one attached hydrogen (secondary N) is 1. The minimum Gasteiger partial charge on any atom is -0.398 e. The highest BCUT2D eigenvalue weighted by Crippen LogP contribution is 2.50. The van der Waals surface area contributed by atoms with Crippen molar-refractivity contribution in [3.63, 3.8) is 0 Å². The van der Waals surface area contributed by atoms with E-state index in [9.17, 15) is 39.0 Å². The Balaban J connectivity index is 1.22. The monoisotopic (exact) mass is 657 g/mol. The first-order chi connectivity index (χ1) is 21.0. The van der Waals surface area contributed by atoms with E-state index in [0.717, 1.165) is 0 Å². The van der Waals surface area contributed by atoms with Crippen LogP contribution in [0.3, 0.4) is 0 Å². The standard InChI is InChI=1S/C23H26N6O13P2/c24-11-1-4-25-20-10(11)3-6-28(20)22-17(32)18(41-43(34)35)14(40-22)8-38-44(36,37)42-19-16(31)13(7-30)39-23(19)29-9-27-15-12(29)2-5-26-21(15)33/h1-6,9,13-14,16-19,22-23,30-32H,7-8H2,(H4-,24,25,26,33,34,35,36,37)/p+1/t13-,14-,16-,17-,18-,19-,22-,23-/m1/s1. The molecule has 0 saturated carbocycles. The zero-order chi connectivity index (χ0) is 31.3. The molecule has 2 aliphatic rings. The molecule has 0 spiro atoms. The Bertz CT molecular complexity index is 1800. The molecule has 21 heteroatoms. The van der Waals surface area contributed by atoms with Crippen LogP contribution in [0.15, 0.2) is 47.9 Å². The normalized spacial score (nSPS) is 30.7. The Morgan fingerprint density at radius 2 is 1.86 bits per heavy atom. The van der Waals surface area contributed by atoms with Gasteiger partial charge in [-0.15, -0.1) is 9.42 Å². The molecule has 2 saturated heterocycles. The number of aliphatic hydroxyl groups excluding tert-OH is 3. The molecular weight excluding hydrogens is 630 g/mol. The van der Waals surface area contributed by atoms with Gasteiger partial charge in [-0.2, -0.15) is 0 Å². The number of nitrogens with two attached hydrogens (primary N) is 1. The van der Waals surface area contributed by atoms with E-state index >= 15 is 0 Å². The smallest absolute Gasteiger partial charge is 0.398 e. The second kappa shape index (κ2) is 12.0. The number of aromatic amines is 1. The maximum Gasteiger partial charge on any atom is 0.695 e. The van der Waals surface area contributed by atoms with Crippen molar-refractivity contribution in [1.29, 1.82) is 0 Å². The number of fused-ring (bicyclic) bond motifs is 2. The maximum absolute atomic E-state index is 13.1. The number of aromatic nitrogens is 5. The summed E-state index contributed by atoms with van der Waals surface area (Å²) in [5.74, 6) is 0. The number of hydrogen-bond donors (Lipinski definition) is 7. The number of H-pyrrole nitrogens is 1. The summed E-state index contributed by atoms with van der Waals surface area (Å²) in [6.45, 7) is -1.46. The lowest BCUT2D eigenvalue weighted by Gasteiger charge is -2.25. The molecule has 10 atom stereocenters. The second-order valence-electron chi connectivity index (χ2n) is 9.99. The van der Waals surface area contributed by atoms with Crippen LogP contribution in [0, 0.1) is 0 Å².